The van der Waals surface area contributed by atoms with Crippen molar-refractivity contribution in [3.63, 3.8) is 0 Å². The molecule has 1 unspecified atom stereocenters. The van der Waals surface area contributed by atoms with Gasteiger partial charge in [0.1, 0.15) is 0 Å². The van der Waals surface area contributed by atoms with Crippen LogP contribution in [0.4, 0.5) is 0 Å². The topological polar surface area (TPSA) is 49.8 Å². The number of ether oxygens (including phenoxy) is 1. The lowest BCUT2D eigenvalue weighted by atomic mass is 10.0. The second-order valence-corrected chi connectivity index (χ2v) is 4.21. The molecule has 1 fully saturated rings. The van der Waals surface area contributed by atoms with Crippen LogP contribution in [0.15, 0.2) is 11.6 Å². The highest BCUT2D eigenvalue weighted by Gasteiger charge is 2.20. The van der Waals surface area contributed by atoms with E-state index < -0.39 is 0 Å². The lowest BCUT2D eigenvalue weighted by Gasteiger charge is -2.33. The Morgan fingerprint density at radius 2 is 2.31 bits per heavy atom. The lowest BCUT2D eigenvalue weighted by Crippen LogP contribution is -2.41. The maximum absolute atomic E-state index is 11.2. The number of hydrogen-bond acceptors (Lipinski definition) is 4. The first-order chi connectivity index (χ1) is 7.69. The van der Waals surface area contributed by atoms with Crippen molar-refractivity contribution >= 4 is 5.97 Å². The van der Waals surface area contributed by atoms with Gasteiger partial charge in [-0.15, -0.1) is 0 Å². The number of nitrogens with zero attached hydrogens (tertiary/aromatic N) is 1. The number of methoxy groups -OCH3 is 1. The van der Waals surface area contributed by atoms with Gasteiger partial charge in [0.25, 0.3) is 0 Å². The van der Waals surface area contributed by atoms with Gasteiger partial charge in [-0.2, -0.15) is 0 Å². The molecular weight excluding hydrogens is 206 g/mol. The molecule has 0 aromatic carbocycles. The maximum atomic E-state index is 11.2. The number of esters is 1. The van der Waals surface area contributed by atoms with Crippen LogP contribution in [0.1, 0.15) is 26.2 Å². The number of carbonyl (C=O) groups excluding carboxylic acids is 1. The van der Waals surface area contributed by atoms with Crippen LogP contribution in [0, 0.1) is 0 Å². The van der Waals surface area contributed by atoms with Gasteiger partial charge in [-0.3, -0.25) is 4.90 Å². The molecule has 1 heterocycles. The molecule has 0 bridgehead atoms. The Morgan fingerprint density at radius 3 is 2.94 bits per heavy atom. The molecule has 4 nitrogen and oxygen atoms in total. The van der Waals surface area contributed by atoms with Crippen molar-refractivity contribution in [3.05, 3.63) is 11.6 Å². The number of aliphatic hydroxyl groups is 1. The SMILES string of the molecule is COC(=O)C(C)=CCN1CCCCC1CO. The van der Waals surface area contributed by atoms with E-state index in [1.807, 2.05) is 6.08 Å². The van der Waals surface area contributed by atoms with Crippen LogP contribution in [0.25, 0.3) is 0 Å². The summed E-state index contributed by atoms with van der Waals surface area (Å²) in [6.45, 7) is 3.66. The maximum Gasteiger partial charge on any atom is 0.333 e. The van der Waals surface area contributed by atoms with Crippen molar-refractivity contribution < 1.29 is 14.6 Å². The van der Waals surface area contributed by atoms with Crippen molar-refractivity contribution in [2.45, 2.75) is 32.2 Å². The summed E-state index contributed by atoms with van der Waals surface area (Å²) < 4.78 is 4.63. The zero-order valence-electron chi connectivity index (χ0n) is 10.1. The van der Waals surface area contributed by atoms with E-state index in [1.165, 1.54) is 20.0 Å². The van der Waals surface area contributed by atoms with Crippen molar-refractivity contribution in [2.75, 3.05) is 26.8 Å². The van der Waals surface area contributed by atoms with Gasteiger partial charge in [0.15, 0.2) is 0 Å². The van der Waals surface area contributed by atoms with Crippen molar-refractivity contribution in [1.82, 2.24) is 4.90 Å². The number of aliphatic hydroxyl groups excluding tert-OH is 1. The molecule has 0 aliphatic carbocycles. The standard InChI is InChI=1S/C12H21NO3/c1-10(12(15)16-2)6-8-13-7-4-3-5-11(13)9-14/h6,11,14H,3-5,7-9H2,1-2H3. The Labute approximate surface area is 96.9 Å². The molecule has 1 N–H and O–H groups in total. The monoisotopic (exact) mass is 227 g/mol. The molecule has 0 aromatic heterocycles. The quantitative estimate of drug-likeness (QED) is 0.574. The van der Waals surface area contributed by atoms with Gasteiger partial charge >= 0.3 is 5.97 Å². The van der Waals surface area contributed by atoms with E-state index in [1.54, 1.807) is 6.92 Å². The van der Waals surface area contributed by atoms with Crippen LogP contribution >= 0.6 is 0 Å². The van der Waals surface area contributed by atoms with Gasteiger partial charge in [0, 0.05) is 18.2 Å². The first-order valence-corrected chi connectivity index (χ1v) is 5.79. The smallest absolute Gasteiger partial charge is 0.333 e. The van der Waals surface area contributed by atoms with E-state index in [-0.39, 0.29) is 18.6 Å². The molecule has 4 heteroatoms. The molecule has 1 saturated heterocycles. The van der Waals surface area contributed by atoms with Crippen molar-refractivity contribution in [3.8, 4) is 0 Å². The predicted molar refractivity (Wildman–Crippen MR) is 62.1 cm³/mol. The Morgan fingerprint density at radius 1 is 1.56 bits per heavy atom. The van der Waals surface area contributed by atoms with Gasteiger partial charge in [-0.1, -0.05) is 12.5 Å². The highest BCUT2D eigenvalue weighted by molar-refractivity contribution is 5.87. The molecule has 1 rings (SSSR count). The van der Waals surface area contributed by atoms with Crippen LogP contribution in [0.3, 0.4) is 0 Å². The van der Waals surface area contributed by atoms with E-state index in [9.17, 15) is 9.90 Å². The summed E-state index contributed by atoms with van der Waals surface area (Å²) in [7, 11) is 1.39. The summed E-state index contributed by atoms with van der Waals surface area (Å²) >= 11 is 0. The number of piperidine rings is 1. The molecule has 0 spiro atoms. The Balaban J connectivity index is 2.48. The molecule has 92 valence electrons. The Bertz CT molecular complexity index is 263. The Kier molecular flexibility index (Phi) is 5.49. The molecule has 1 aliphatic rings. The summed E-state index contributed by atoms with van der Waals surface area (Å²) in [5, 5.41) is 9.23. The fourth-order valence-electron chi connectivity index (χ4n) is 2.01. The first kappa shape index (κ1) is 13.2. The average Bonchev–Trinajstić information content (AvgIpc) is 2.35. The molecule has 1 aliphatic heterocycles. The molecule has 0 radical (unpaired) electrons. The minimum atomic E-state index is -0.280. The highest BCUT2D eigenvalue weighted by atomic mass is 16.5. The third kappa shape index (κ3) is 3.61. The second kappa shape index (κ2) is 6.66. The van der Waals surface area contributed by atoms with Gasteiger partial charge in [-0.05, 0) is 26.3 Å². The zero-order chi connectivity index (χ0) is 12.0. The van der Waals surface area contributed by atoms with E-state index in [2.05, 4.69) is 9.64 Å². The van der Waals surface area contributed by atoms with Gasteiger partial charge < -0.3 is 9.84 Å². The minimum absolute atomic E-state index is 0.200. The molecule has 16 heavy (non-hydrogen) atoms. The number of likely N-dealkylation sites (tertiary alicyclic amines) is 1. The van der Waals surface area contributed by atoms with E-state index in [0.29, 0.717) is 12.1 Å². The fourth-order valence-corrected chi connectivity index (χ4v) is 2.01. The summed E-state index contributed by atoms with van der Waals surface area (Å²) in [5.41, 5.74) is 0.629. The van der Waals surface area contributed by atoms with Gasteiger partial charge in [0.2, 0.25) is 0 Å². The van der Waals surface area contributed by atoms with Crippen LogP contribution in [-0.4, -0.2) is 48.8 Å². The van der Waals surface area contributed by atoms with Crippen LogP contribution in [0.2, 0.25) is 0 Å². The minimum Gasteiger partial charge on any atom is -0.466 e. The molecule has 0 saturated carbocycles. The molecular formula is C12H21NO3. The summed E-state index contributed by atoms with van der Waals surface area (Å²) in [4.78, 5) is 13.4. The fraction of sp³-hybridized carbons (Fsp3) is 0.750. The zero-order valence-corrected chi connectivity index (χ0v) is 10.1. The third-order valence-corrected chi connectivity index (χ3v) is 3.10. The summed E-state index contributed by atoms with van der Waals surface area (Å²) in [6, 6.07) is 0.246. The van der Waals surface area contributed by atoms with Crippen LogP contribution in [0.5, 0.6) is 0 Å². The van der Waals surface area contributed by atoms with Crippen LogP contribution in [-0.2, 0) is 9.53 Å². The molecule has 0 amide bonds. The third-order valence-electron chi connectivity index (χ3n) is 3.10. The normalized spacial score (nSPS) is 23.2. The van der Waals surface area contributed by atoms with E-state index in [4.69, 9.17) is 0 Å². The lowest BCUT2D eigenvalue weighted by molar-refractivity contribution is -0.136. The highest BCUT2D eigenvalue weighted by Crippen LogP contribution is 2.16. The number of rotatable bonds is 4. The largest absolute Gasteiger partial charge is 0.466 e. The van der Waals surface area contributed by atoms with Crippen LogP contribution < -0.4 is 0 Å². The number of carbonyl (C=O) groups is 1. The molecule has 1 atom stereocenters. The summed E-state index contributed by atoms with van der Waals surface area (Å²) in [5.74, 6) is -0.280. The second-order valence-electron chi connectivity index (χ2n) is 4.21. The van der Waals surface area contributed by atoms with Gasteiger partial charge in [0.05, 0.1) is 13.7 Å². The van der Waals surface area contributed by atoms with E-state index in [0.717, 1.165) is 13.0 Å². The first-order valence-electron chi connectivity index (χ1n) is 5.79. The van der Waals surface area contributed by atoms with E-state index >= 15 is 0 Å². The predicted octanol–water partition coefficient (Wildman–Crippen LogP) is 0.952. The average molecular weight is 227 g/mol. The van der Waals surface area contributed by atoms with Crippen molar-refractivity contribution in [1.29, 1.82) is 0 Å². The Hall–Kier alpha value is -0.870. The van der Waals surface area contributed by atoms with Gasteiger partial charge in [-0.25, -0.2) is 4.79 Å². The number of hydrogen-bond donors (Lipinski definition) is 1. The van der Waals surface area contributed by atoms with Crippen molar-refractivity contribution in [2.24, 2.45) is 0 Å². The summed E-state index contributed by atoms with van der Waals surface area (Å²) in [6.07, 6.45) is 5.27. The molecule has 0 aromatic rings.